The minimum atomic E-state index is -0.0441. The summed E-state index contributed by atoms with van der Waals surface area (Å²) in [5.74, 6) is 0.636. The summed E-state index contributed by atoms with van der Waals surface area (Å²) >= 11 is 0. The van der Waals surface area contributed by atoms with Crippen molar-refractivity contribution in [2.75, 3.05) is 24.3 Å². The second kappa shape index (κ2) is 7.17. The molecular weight excluding hydrogens is 230 g/mol. The van der Waals surface area contributed by atoms with Gasteiger partial charge in [-0.1, -0.05) is 6.92 Å². The largest absolute Gasteiger partial charge is 0.495 e. The Labute approximate surface area is 107 Å². The van der Waals surface area contributed by atoms with E-state index in [1.165, 1.54) is 0 Å². The summed E-state index contributed by atoms with van der Waals surface area (Å²) in [4.78, 5) is 10.4. The zero-order valence-electron chi connectivity index (χ0n) is 10.6. The normalized spacial score (nSPS) is 11.2. The molecule has 0 bridgehead atoms. The van der Waals surface area contributed by atoms with Gasteiger partial charge in [-0.25, -0.2) is 0 Å². The fourth-order valence-electron chi connectivity index (χ4n) is 1.52. The summed E-state index contributed by atoms with van der Waals surface area (Å²) in [6.07, 6.45) is 1.41. The number of rotatable bonds is 7. The monoisotopic (exact) mass is 247 g/mol. The predicted octanol–water partition coefficient (Wildman–Crippen LogP) is 2.23. The highest BCUT2D eigenvalue weighted by atomic mass is 16.5. The van der Waals surface area contributed by atoms with Crippen LogP contribution in [0.5, 0.6) is 5.75 Å². The highest BCUT2D eigenvalue weighted by Gasteiger charge is 2.08. The Morgan fingerprint density at radius 1 is 1.56 bits per heavy atom. The molecule has 18 heavy (non-hydrogen) atoms. The number of methoxy groups -OCH3 is 1. The molecule has 1 unspecified atom stereocenters. The van der Waals surface area contributed by atoms with E-state index >= 15 is 0 Å². The van der Waals surface area contributed by atoms with Crippen molar-refractivity contribution in [1.82, 2.24) is 0 Å². The number of amides is 1. The van der Waals surface area contributed by atoms with E-state index < -0.39 is 0 Å². The predicted molar refractivity (Wildman–Crippen MR) is 70.6 cm³/mol. The van der Waals surface area contributed by atoms with Crippen LogP contribution >= 0.6 is 0 Å². The lowest BCUT2D eigenvalue weighted by Crippen LogP contribution is -2.12. The Morgan fingerprint density at radius 2 is 2.33 bits per heavy atom. The average molecular weight is 247 g/mol. The summed E-state index contributed by atoms with van der Waals surface area (Å²) < 4.78 is 5.22. The van der Waals surface area contributed by atoms with E-state index in [2.05, 4.69) is 16.7 Å². The zero-order valence-corrected chi connectivity index (χ0v) is 10.6. The van der Waals surface area contributed by atoms with Crippen LogP contribution in [-0.4, -0.2) is 20.1 Å². The van der Waals surface area contributed by atoms with E-state index in [0.29, 0.717) is 24.4 Å². The molecule has 1 aromatic rings. The third-order valence-corrected chi connectivity index (χ3v) is 2.64. The maximum Gasteiger partial charge on any atom is 0.211 e. The van der Waals surface area contributed by atoms with Gasteiger partial charge in [0.2, 0.25) is 6.41 Å². The molecule has 0 spiro atoms. The van der Waals surface area contributed by atoms with Crippen molar-refractivity contribution in [3.05, 3.63) is 18.2 Å². The first-order chi connectivity index (χ1) is 8.74. The number of nitrogens with one attached hydrogen (secondary N) is 2. The zero-order chi connectivity index (χ0) is 13.4. The molecule has 1 rings (SSSR count). The van der Waals surface area contributed by atoms with Crippen LogP contribution in [0.2, 0.25) is 0 Å². The third-order valence-electron chi connectivity index (χ3n) is 2.64. The highest BCUT2D eigenvalue weighted by Crippen LogP contribution is 2.27. The van der Waals surface area contributed by atoms with Crippen molar-refractivity contribution in [3.8, 4) is 11.8 Å². The summed E-state index contributed by atoms with van der Waals surface area (Å²) in [6, 6.07) is 7.51. The number of carbonyl (C=O) groups is 1. The third kappa shape index (κ3) is 3.67. The second-order valence-corrected chi connectivity index (χ2v) is 3.79. The van der Waals surface area contributed by atoms with Crippen LogP contribution in [0.1, 0.15) is 13.3 Å². The van der Waals surface area contributed by atoms with Crippen molar-refractivity contribution in [1.29, 1.82) is 5.26 Å². The highest BCUT2D eigenvalue weighted by molar-refractivity contribution is 5.75. The van der Waals surface area contributed by atoms with Gasteiger partial charge in [0.25, 0.3) is 0 Å². The van der Waals surface area contributed by atoms with Gasteiger partial charge in [0.05, 0.1) is 24.8 Å². The number of nitriles is 1. The van der Waals surface area contributed by atoms with Crippen LogP contribution < -0.4 is 15.4 Å². The minimum absolute atomic E-state index is 0.0441. The lowest BCUT2D eigenvalue weighted by Gasteiger charge is -2.14. The summed E-state index contributed by atoms with van der Waals surface area (Å²) in [6.45, 7) is 2.52. The molecule has 0 aliphatic carbocycles. The molecule has 1 atom stereocenters. The Balaban J connectivity index is 2.81. The molecule has 0 fully saturated rings. The first-order valence-electron chi connectivity index (χ1n) is 5.76. The molecule has 0 aliphatic rings. The number of carbonyl (C=O) groups excluding carboxylic acids is 1. The molecule has 1 aromatic carbocycles. The molecular formula is C13H17N3O2. The molecule has 96 valence electrons. The van der Waals surface area contributed by atoms with Gasteiger partial charge in [-0.2, -0.15) is 5.26 Å². The van der Waals surface area contributed by atoms with Gasteiger partial charge >= 0.3 is 0 Å². The van der Waals surface area contributed by atoms with Crippen molar-refractivity contribution >= 4 is 17.8 Å². The van der Waals surface area contributed by atoms with Gasteiger partial charge < -0.3 is 15.4 Å². The summed E-state index contributed by atoms with van der Waals surface area (Å²) in [5.41, 5.74) is 1.44. The SMILES string of the molecule is CCC(C#N)CNc1cc(NC=O)ccc1OC. The van der Waals surface area contributed by atoms with Crippen molar-refractivity contribution in [3.63, 3.8) is 0 Å². The van der Waals surface area contributed by atoms with E-state index in [0.717, 1.165) is 12.1 Å². The van der Waals surface area contributed by atoms with E-state index in [1.807, 2.05) is 6.92 Å². The maximum atomic E-state index is 10.4. The van der Waals surface area contributed by atoms with E-state index in [-0.39, 0.29) is 5.92 Å². The van der Waals surface area contributed by atoms with Crippen LogP contribution in [0.25, 0.3) is 0 Å². The van der Waals surface area contributed by atoms with Crippen LogP contribution in [0, 0.1) is 17.2 Å². The van der Waals surface area contributed by atoms with Crippen molar-refractivity contribution in [2.24, 2.45) is 5.92 Å². The number of anilines is 2. The van der Waals surface area contributed by atoms with Gasteiger partial charge in [-0.05, 0) is 24.6 Å². The lowest BCUT2D eigenvalue weighted by atomic mass is 10.1. The minimum Gasteiger partial charge on any atom is -0.495 e. The Morgan fingerprint density at radius 3 is 2.89 bits per heavy atom. The summed E-state index contributed by atoms with van der Waals surface area (Å²) in [7, 11) is 1.58. The fraction of sp³-hybridized carbons (Fsp3) is 0.385. The number of benzene rings is 1. The van der Waals surface area contributed by atoms with Crippen LogP contribution in [0.3, 0.4) is 0 Å². The van der Waals surface area contributed by atoms with E-state index in [4.69, 9.17) is 10.00 Å². The molecule has 0 radical (unpaired) electrons. The molecule has 0 saturated carbocycles. The van der Waals surface area contributed by atoms with E-state index in [1.54, 1.807) is 25.3 Å². The molecule has 2 N–H and O–H groups in total. The molecule has 5 nitrogen and oxygen atoms in total. The smallest absolute Gasteiger partial charge is 0.211 e. The summed E-state index contributed by atoms with van der Waals surface area (Å²) in [5, 5.41) is 14.6. The Bertz CT molecular complexity index is 440. The van der Waals surface area contributed by atoms with Crippen LogP contribution in [0.4, 0.5) is 11.4 Å². The molecule has 5 heteroatoms. The maximum absolute atomic E-state index is 10.4. The van der Waals surface area contributed by atoms with Gasteiger partial charge in [-0.3, -0.25) is 4.79 Å². The number of nitrogens with zero attached hydrogens (tertiary/aromatic N) is 1. The van der Waals surface area contributed by atoms with Crippen LogP contribution in [0.15, 0.2) is 18.2 Å². The van der Waals surface area contributed by atoms with E-state index in [9.17, 15) is 4.79 Å². The molecule has 0 heterocycles. The number of hydrogen-bond donors (Lipinski definition) is 2. The number of ether oxygens (including phenoxy) is 1. The quantitative estimate of drug-likeness (QED) is 0.724. The van der Waals surface area contributed by atoms with Gasteiger partial charge in [0.15, 0.2) is 0 Å². The molecule has 0 aliphatic heterocycles. The van der Waals surface area contributed by atoms with Crippen molar-refractivity contribution in [2.45, 2.75) is 13.3 Å². The topological polar surface area (TPSA) is 74.2 Å². The van der Waals surface area contributed by atoms with Gasteiger partial charge in [-0.15, -0.1) is 0 Å². The van der Waals surface area contributed by atoms with Gasteiger partial charge in [0, 0.05) is 12.2 Å². The van der Waals surface area contributed by atoms with Crippen molar-refractivity contribution < 1.29 is 9.53 Å². The standard InChI is InChI=1S/C13H17N3O2/c1-3-10(7-14)8-15-12-6-11(16-9-17)4-5-13(12)18-2/h4-6,9-10,15H,3,8H2,1-2H3,(H,16,17). The second-order valence-electron chi connectivity index (χ2n) is 3.79. The first kappa shape index (κ1) is 13.8. The molecule has 0 aromatic heterocycles. The Kier molecular flexibility index (Phi) is 5.52. The Hall–Kier alpha value is -2.22. The van der Waals surface area contributed by atoms with Gasteiger partial charge in [0.1, 0.15) is 5.75 Å². The molecule has 0 saturated heterocycles. The average Bonchev–Trinajstić information content (AvgIpc) is 2.40. The number of hydrogen-bond acceptors (Lipinski definition) is 4. The first-order valence-corrected chi connectivity index (χ1v) is 5.76. The lowest BCUT2D eigenvalue weighted by molar-refractivity contribution is -0.105. The van der Waals surface area contributed by atoms with Crippen LogP contribution in [-0.2, 0) is 4.79 Å². The molecule has 1 amide bonds. The fourth-order valence-corrected chi connectivity index (χ4v) is 1.52.